The molecule has 67 heavy (non-hydrogen) atoms. The molecule has 6 aromatic rings. The van der Waals surface area contributed by atoms with Gasteiger partial charge in [-0.15, -0.1) is 0 Å². The van der Waals surface area contributed by atoms with Crippen LogP contribution in [0.15, 0.2) is 232 Å². The molecule has 1 aliphatic carbocycles. The van der Waals surface area contributed by atoms with E-state index in [1.54, 1.807) is 6.08 Å². The fourth-order valence-electron chi connectivity index (χ4n) is 8.34. The van der Waals surface area contributed by atoms with E-state index in [4.69, 9.17) is 0 Å². The molecule has 1 aliphatic rings. The molecular formula is C66H75N. The lowest BCUT2D eigenvalue weighted by molar-refractivity contribution is 0.574. The molecule has 2 atom stereocenters. The van der Waals surface area contributed by atoms with E-state index in [2.05, 4.69) is 236 Å². The SMILES string of the molecule is C=C/C=C\C(=C)c1ccc(/C=C\C(C)C/C=C/Nc2ccc(-c3ccccc3)cc2)cc1.C=C/C=C\CC1(c2ccccc2C(C)(C)C(=C)C)c2ccccc2-c2ccc(C)cc21.CC.CC. The van der Waals surface area contributed by atoms with E-state index in [0.29, 0.717) is 5.92 Å². The number of benzene rings is 6. The first-order valence-electron chi connectivity index (χ1n) is 24.1. The predicted octanol–water partition coefficient (Wildman–Crippen LogP) is 19.1. The summed E-state index contributed by atoms with van der Waals surface area (Å²) in [6, 6.07) is 52.2. The Hall–Kier alpha value is -6.96. The molecule has 0 amide bonds. The largest absolute Gasteiger partial charge is 0.362 e. The normalized spacial score (nSPS) is 14.2. The number of fused-ring (bicyclic) bond motifs is 3. The summed E-state index contributed by atoms with van der Waals surface area (Å²) in [4.78, 5) is 0. The van der Waals surface area contributed by atoms with Crippen LogP contribution in [0.4, 0.5) is 5.69 Å². The number of aryl methyl sites for hydroxylation is 1. The molecule has 7 rings (SSSR count). The summed E-state index contributed by atoms with van der Waals surface area (Å²) in [5.41, 5.74) is 17.1. The molecular weight excluding hydrogens is 807 g/mol. The maximum Gasteiger partial charge on any atom is 0.0501 e. The zero-order chi connectivity index (χ0) is 48.8. The van der Waals surface area contributed by atoms with Gasteiger partial charge in [-0.25, -0.2) is 0 Å². The smallest absolute Gasteiger partial charge is 0.0501 e. The van der Waals surface area contributed by atoms with Crippen molar-refractivity contribution in [2.24, 2.45) is 5.92 Å². The molecule has 1 N–H and O–H groups in total. The van der Waals surface area contributed by atoms with Gasteiger partial charge in [-0.1, -0.05) is 274 Å². The molecule has 0 saturated carbocycles. The summed E-state index contributed by atoms with van der Waals surface area (Å²) in [7, 11) is 0. The second-order valence-corrected chi connectivity index (χ2v) is 17.1. The Balaban J connectivity index is 0.000000273. The van der Waals surface area contributed by atoms with Gasteiger partial charge in [-0.3, -0.25) is 0 Å². The third kappa shape index (κ3) is 13.3. The van der Waals surface area contributed by atoms with E-state index in [9.17, 15) is 0 Å². The van der Waals surface area contributed by atoms with Crippen molar-refractivity contribution in [2.45, 2.75) is 86.0 Å². The van der Waals surface area contributed by atoms with Crippen molar-refractivity contribution in [2.75, 3.05) is 5.32 Å². The van der Waals surface area contributed by atoms with Gasteiger partial charge in [0.25, 0.3) is 0 Å². The highest BCUT2D eigenvalue weighted by Crippen LogP contribution is 2.56. The second-order valence-electron chi connectivity index (χ2n) is 17.1. The Morgan fingerprint density at radius 2 is 1.25 bits per heavy atom. The van der Waals surface area contributed by atoms with Crippen LogP contribution in [-0.2, 0) is 10.8 Å². The lowest BCUT2D eigenvalue weighted by Crippen LogP contribution is -2.32. The first kappa shape index (κ1) is 52.7. The van der Waals surface area contributed by atoms with Crippen LogP contribution in [-0.4, -0.2) is 0 Å². The van der Waals surface area contributed by atoms with Crippen molar-refractivity contribution in [3.8, 4) is 22.3 Å². The van der Waals surface area contributed by atoms with Crippen molar-refractivity contribution >= 4 is 17.3 Å². The van der Waals surface area contributed by atoms with Crippen LogP contribution in [0.3, 0.4) is 0 Å². The fourth-order valence-corrected chi connectivity index (χ4v) is 8.34. The quantitative estimate of drug-likeness (QED) is 0.0754. The van der Waals surface area contributed by atoms with E-state index in [0.717, 1.165) is 29.7 Å². The van der Waals surface area contributed by atoms with Crippen LogP contribution in [0, 0.1) is 12.8 Å². The van der Waals surface area contributed by atoms with Crippen LogP contribution >= 0.6 is 0 Å². The van der Waals surface area contributed by atoms with Crippen molar-refractivity contribution in [3.63, 3.8) is 0 Å². The highest BCUT2D eigenvalue weighted by atomic mass is 14.8. The molecule has 0 bridgehead atoms. The summed E-state index contributed by atoms with van der Waals surface area (Å²) in [5.74, 6) is 0.457. The first-order chi connectivity index (χ1) is 32.5. The molecule has 344 valence electrons. The lowest BCUT2D eigenvalue weighted by Gasteiger charge is -2.38. The number of anilines is 1. The molecule has 0 aliphatic heterocycles. The van der Waals surface area contributed by atoms with Gasteiger partial charge in [0.15, 0.2) is 0 Å². The molecule has 0 fully saturated rings. The minimum absolute atomic E-state index is 0.132. The Morgan fingerprint density at radius 3 is 1.91 bits per heavy atom. The van der Waals surface area contributed by atoms with Crippen molar-refractivity contribution in [3.05, 3.63) is 271 Å². The van der Waals surface area contributed by atoms with Gasteiger partial charge in [0.05, 0.1) is 5.41 Å². The van der Waals surface area contributed by atoms with Gasteiger partial charge in [0, 0.05) is 11.1 Å². The van der Waals surface area contributed by atoms with Crippen LogP contribution < -0.4 is 5.32 Å². The van der Waals surface area contributed by atoms with Crippen molar-refractivity contribution in [1.29, 1.82) is 0 Å². The van der Waals surface area contributed by atoms with Crippen LogP contribution in [0.2, 0.25) is 0 Å². The average Bonchev–Trinajstić information content (AvgIpc) is 3.64. The Kier molecular flexibility index (Phi) is 20.6. The molecule has 6 aromatic carbocycles. The van der Waals surface area contributed by atoms with E-state index >= 15 is 0 Å². The van der Waals surface area contributed by atoms with Gasteiger partial charge < -0.3 is 5.32 Å². The first-order valence-corrected chi connectivity index (χ1v) is 24.1. The number of allylic oxidation sites excluding steroid dienone is 10. The van der Waals surface area contributed by atoms with E-state index in [-0.39, 0.29) is 10.8 Å². The van der Waals surface area contributed by atoms with Gasteiger partial charge in [-0.2, -0.15) is 0 Å². The maximum atomic E-state index is 4.34. The summed E-state index contributed by atoms with van der Waals surface area (Å²) in [6.07, 6.45) is 22.3. The van der Waals surface area contributed by atoms with Crippen LogP contribution in [0.1, 0.15) is 107 Å². The van der Waals surface area contributed by atoms with Gasteiger partial charge in [0.2, 0.25) is 0 Å². The van der Waals surface area contributed by atoms with E-state index in [1.807, 2.05) is 58.2 Å². The molecule has 0 aromatic heterocycles. The Morgan fingerprint density at radius 1 is 0.657 bits per heavy atom. The van der Waals surface area contributed by atoms with Gasteiger partial charge in [-0.05, 0) is 112 Å². The lowest BCUT2D eigenvalue weighted by atomic mass is 9.64. The van der Waals surface area contributed by atoms with Crippen LogP contribution in [0.25, 0.3) is 33.9 Å². The minimum Gasteiger partial charge on any atom is -0.362 e. The third-order valence-corrected chi connectivity index (χ3v) is 12.3. The highest BCUT2D eigenvalue weighted by Gasteiger charge is 2.46. The summed E-state index contributed by atoms with van der Waals surface area (Å²) in [5, 5.41) is 3.36. The Bertz CT molecular complexity index is 2640. The van der Waals surface area contributed by atoms with E-state index in [1.165, 1.54) is 61.2 Å². The van der Waals surface area contributed by atoms with Gasteiger partial charge in [0.1, 0.15) is 0 Å². The summed E-state index contributed by atoms with van der Waals surface area (Å²) < 4.78 is 0. The highest BCUT2D eigenvalue weighted by molar-refractivity contribution is 5.84. The molecule has 2 unspecified atom stereocenters. The van der Waals surface area contributed by atoms with Gasteiger partial charge >= 0.3 is 0 Å². The zero-order valence-electron chi connectivity index (χ0n) is 41.9. The molecule has 0 saturated heterocycles. The summed E-state index contributed by atoms with van der Waals surface area (Å²) in [6.45, 7) is 35.2. The summed E-state index contributed by atoms with van der Waals surface area (Å²) >= 11 is 0. The molecule has 0 radical (unpaired) electrons. The predicted molar refractivity (Wildman–Crippen MR) is 300 cm³/mol. The minimum atomic E-state index is -0.249. The second kappa shape index (κ2) is 26.3. The van der Waals surface area contributed by atoms with Crippen molar-refractivity contribution in [1.82, 2.24) is 0 Å². The number of hydrogen-bond donors (Lipinski definition) is 1. The maximum absolute atomic E-state index is 4.34. The number of hydrogen-bond acceptors (Lipinski definition) is 1. The number of rotatable bonds is 16. The Labute approximate surface area is 406 Å². The average molecular weight is 882 g/mol. The zero-order valence-corrected chi connectivity index (χ0v) is 41.9. The standard InChI is InChI=1S/C31H31N.C31H32.2C2H6/c1-4-5-11-26(3)28-18-16-27(17-19-28)15-14-25(2)10-9-24-32-31-22-20-30(21-23-31)29-12-7-6-8-13-29;1-7-8-13-20-31(28-17-12-11-16-27(28)30(5,6)22(2)3)26-15-10-9-14-24(26)25-19-18-23(4)21-29(25)31;2*1-2/h4-9,11-25,32H,1,3,10H2,2H3;7-19,21H,1-2,20H2,3-6H3;2*1-2H3/b11-5-,15-14-,24-9+;13-8-;;. The monoisotopic (exact) mass is 882 g/mol. The van der Waals surface area contributed by atoms with E-state index < -0.39 is 0 Å². The number of nitrogens with one attached hydrogen (secondary N) is 1. The fraction of sp³-hybridized carbons (Fsp3) is 0.212. The third-order valence-electron chi connectivity index (χ3n) is 12.3. The molecule has 1 heteroatoms. The van der Waals surface area contributed by atoms with Crippen molar-refractivity contribution < 1.29 is 0 Å². The molecule has 1 nitrogen and oxygen atoms in total. The van der Waals surface area contributed by atoms with Crippen LogP contribution in [0.5, 0.6) is 0 Å². The topological polar surface area (TPSA) is 12.0 Å². The molecule has 0 heterocycles. The molecule has 0 spiro atoms.